The van der Waals surface area contributed by atoms with E-state index >= 15 is 0 Å². The third kappa shape index (κ3) is 1.18. The van der Waals surface area contributed by atoms with Gasteiger partial charge in [0, 0.05) is 17.3 Å². The topological polar surface area (TPSA) is 32.3 Å². The van der Waals surface area contributed by atoms with Crippen LogP contribution in [0.2, 0.25) is 0 Å². The summed E-state index contributed by atoms with van der Waals surface area (Å²) < 4.78 is 0. The molecule has 0 fully saturated rings. The number of aliphatic hydroxyl groups is 1. The molecule has 2 nitrogen and oxygen atoms in total. The maximum Gasteiger partial charge on any atom is 0.0829 e. The van der Waals surface area contributed by atoms with E-state index in [4.69, 9.17) is 0 Å². The normalized spacial score (nSPS) is 27.5. The Morgan fingerprint density at radius 1 is 1.42 bits per heavy atom. The summed E-state index contributed by atoms with van der Waals surface area (Å²) in [6.45, 7) is 2.08. The Morgan fingerprint density at radius 2 is 2.17 bits per heavy atom. The van der Waals surface area contributed by atoms with Gasteiger partial charge >= 0.3 is 0 Å². The van der Waals surface area contributed by atoms with E-state index in [1.54, 1.807) is 0 Å². The maximum atomic E-state index is 9.69. The minimum absolute atomic E-state index is 0.294. The van der Waals surface area contributed by atoms with Crippen LogP contribution in [0.5, 0.6) is 0 Å². The molecule has 0 spiro atoms. The molecule has 2 rings (SSSR count). The lowest BCUT2D eigenvalue weighted by Gasteiger charge is -2.27. The molecule has 2 atom stereocenters. The third-order valence-electron chi connectivity index (χ3n) is 2.30. The summed E-state index contributed by atoms with van der Waals surface area (Å²) in [6, 6.07) is 8.29. The van der Waals surface area contributed by atoms with Gasteiger partial charge in [0.25, 0.3) is 0 Å². The molecule has 0 aromatic heterocycles. The highest BCUT2D eigenvalue weighted by Crippen LogP contribution is 2.31. The highest BCUT2D eigenvalue weighted by atomic mass is 16.3. The Hall–Kier alpha value is -1.02. The van der Waals surface area contributed by atoms with Gasteiger partial charge in [-0.15, -0.1) is 0 Å². The van der Waals surface area contributed by atoms with E-state index in [1.807, 2.05) is 24.3 Å². The van der Waals surface area contributed by atoms with Crippen molar-refractivity contribution in [3.8, 4) is 0 Å². The SMILES string of the molecule is C[C@H]1C[C@@H](O)c2ccccc2N1. The van der Waals surface area contributed by atoms with E-state index in [0.29, 0.717) is 6.04 Å². The predicted octanol–water partition coefficient (Wildman–Crippen LogP) is 1.92. The van der Waals surface area contributed by atoms with Crippen molar-refractivity contribution in [2.45, 2.75) is 25.5 Å². The largest absolute Gasteiger partial charge is 0.388 e. The van der Waals surface area contributed by atoms with Crippen molar-refractivity contribution in [3.05, 3.63) is 29.8 Å². The van der Waals surface area contributed by atoms with Gasteiger partial charge in [-0.1, -0.05) is 18.2 Å². The van der Waals surface area contributed by atoms with E-state index in [0.717, 1.165) is 17.7 Å². The highest BCUT2D eigenvalue weighted by Gasteiger charge is 2.20. The average molecular weight is 163 g/mol. The molecule has 2 heteroatoms. The van der Waals surface area contributed by atoms with E-state index < -0.39 is 0 Å². The fourth-order valence-corrected chi connectivity index (χ4v) is 1.71. The summed E-state index contributed by atoms with van der Waals surface area (Å²) in [5.41, 5.74) is 2.10. The van der Waals surface area contributed by atoms with Crippen molar-refractivity contribution in [1.82, 2.24) is 0 Å². The minimum atomic E-state index is -0.294. The number of para-hydroxylation sites is 1. The standard InChI is InChI=1S/C10H13NO/c1-7-6-10(12)8-4-2-3-5-9(8)11-7/h2-5,7,10-12H,6H2,1H3/t7-,10+/m0/s1. The van der Waals surface area contributed by atoms with Crippen molar-refractivity contribution >= 4 is 5.69 Å². The molecule has 0 amide bonds. The summed E-state index contributed by atoms with van der Waals surface area (Å²) in [7, 11) is 0. The Balaban J connectivity index is 2.40. The second-order valence-corrected chi connectivity index (χ2v) is 3.38. The monoisotopic (exact) mass is 163 g/mol. The van der Waals surface area contributed by atoms with Crippen molar-refractivity contribution < 1.29 is 5.11 Å². The number of anilines is 1. The van der Waals surface area contributed by atoms with Gasteiger partial charge in [-0.3, -0.25) is 0 Å². The first kappa shape index (κ1) is 7.62. The fraction of sp³-hybridized carbons (Fsp3) is 0.400. The van der Waals surface area contributed by atoms with Crippen molar-refractivity contribution in [2.75, 3.05) is 5.32 Å². The van der Waals surface area contributed by atoms with Crippen LogP contribution in [-0.2, 0) is 0 Å². The van der Waals surface area contributed by atoms with Crippen LogP contribution in [0.3, 0.4) is 0 Å². The highest BCUT2D eigenvalue weighted by molar-refractivity contribution is 5.54. The maximum absolute atomic E-state index is 9.69. The smallest absolute Gasteiger partial charge is 0.0829 e. The summed E-state index contributed by atoms with van der Waals surface area (Å²) in [5.74, 6) is 0. The number of hydrogen-bond donors (Lipinski definition) is 2. The van der Waals surface area contributed by atoms with Crippen LogP contribution in [0.25, 0.3) is 0 Å². The molecule has 1 aliphatic rings. The molecular weight excluding hydrogens is 150 g/mol. The van der Waals surface area contributed by atoms with Crippen LogP contribution in [-0.4, -0.2) is 11.1 Å². The molecule has 2 N–H and O–H groups in total. The van der Waals surface area contributed by atoms with E-state index in [1.165, 1.54) is 0 Å². The Morgan fingerprint density at radius 3 is 3.00 bits per heavy atom. The lowest BCUT2D eigenvalue weighted by Crippen LogP contribution is -2.24. The fourth-order valence-electron chi connectivity index (χ4n) is 1.71. The molecule has 0 saturated carbocycles. The number of fused-ring (bicyclic) bond motifs is 1. The molecule has 0 saturated heterocycles. The Bertz CT molecular complexity index is 285. The van der Waals surface area contributed by atoms with Crippen molar-refractivity contribution in [1.29, 1.82) is 0 Å². The summed E-state index contributed by atoms with van der Waals surface area (Å²) in [5, 5.41) is 13.0. The second-order valence-electron chi connectivity index (χ2n) is 3.38. The van der Waals surface area contributed by atoms with Crippen LogP contribution < -0.4 is 5.32 Å². The van der Waals surface area contributed by atoms with E-state index in [2.05, 4.69) is 12.2 Å². The van der Waals surface area contributed by atoms with Crippen LogP contribution in [0.15, 0.2) is 24.3 Å². The molecule has 1 aliphatic heterocycles. The van der Waals surface area contributed by atoms with Gasteiger partial charge in [0.2, 0.25) is 0 Å². The summed E-state index contributed by atoms with van der Waals surface area (Å²) in [6.07, 6.45) is 0.509. The molecule has 12 heavy (non-hydrogen) atoms. The average Bonchev–Trinajstić information content (AvgIpc) is 2.04. The van der Waals surface area contributed by atoms with Gasteiger partial charge in [0.05, 0.1) is 6.10 Å². The number of aliphatic hydroxyl groups excluding tert-OH is 1. The second kappa shape index (κ2) is 2.79. The lowest BCUT2D eigenvalue weighted by molar-refractivity contribution is 0.158. The Labute approximate surface area is 72.2 Å². The quantitative estimate of drug-likeness (QED) is 0.612. The van der Waals surface area contributed by atoms with Crippen molar-refractivity contribution in [2.24, 2.45) is 0 Å². The number of nitrogens with one attached hydrogen (secondary N) is 1. The summed E-state index contributed by atoms with van der Waals surface area (Å²) >= 11 is 0. The molecule has 0 radical (unpaired) electrons. The number of hydrogen-bond acceptors (Lipinski definition) is 2. The Kier molecular flexibility index (Phi) is 1.77. The van der Waals surface area contributed by atoms with Gasteiger partial charge in [0.1, 0.15) is 0 Å². The molecule has 1 aromatic carbocycles. The van der Waals surface area contributed by atoms with E-state index in [-0.39, 0.29) is 6.10 Å². The van der Waals surface area contributed by atoms with Gasteiger partial charge in [-0.2, -0.15) is 0 Å². The van der Waals surface area contributed by atoms with Gasteiger partial charge in [-0.25, -0.2) is 0 Å². The first-order valence-electron chi connectivity index (χ1n) is 4.31. The lowest BCUT2D eigenvalue weighted by atomic mass is 9.96. The molecular formula is C10H13NO. The molecule has 0 bridgehead atoms. The third-order valence-corrected chi connectivity index (χ3v) is 2.30. The zero-order chi connectivity index (χ0) is 8.55. The first-order valence-corrected chi connectivity index (χ1v) is 4.31. The number of rotatable bonds is 0. The zero-order valence-corrected chi connectivity index (χ0v) is 7.12. The van der Waals surface area contributed by atoms with Crippen LogP contribution in [0.1, 0.15) is 25.0 Å². The molecule has 1 aromatic rings. The van der Waals surface area contributed by atoms with Crippen LogP contribution in [0, 0.1) is 0 Å². The summed E-state index contributed by atoms with van der Waals surface area (Å²) in [4.78, 5) is 0. The number of benzene rings is 1. The van der Waals surface area contributed by atoms with Crippen LogP contribution in [0.4, 0.5) is 5.69 Å². The van der Waals surface area contributed by atoms with Crippen LogP contribution >= 0.6 is 0 Å². The first-order chi connectivity index (χ1) is 5.77. The van der Waals surface area contributed by atoms with Crippen molar-refractivity contribution in [3.63, 3.8) is 0 Å². The predicted molar refractivity (Wildman–Crippen MR) is 49.1 cm³/mol. The molecule has 0 unspecified atom stereocenters. The molecule has 1 heterocycles. The molecule has 64 valence electrons. The molecule has 0 aliphatic carbocycles. The van der Waals surface area contributed by atoms with Gasteiger partial charge in [0.15, 0.2) is 0 Å². The zero-order valence-electron chi connectivity index (χ0n) is 7.12. The van der Waals surface area contributed by atoms with E-state index in [9.17, 15) is 5.11 Å². The van der Waals surface area contributed by atoms with Gasteiger partial charge < -0.3 is 10.4 Å². The van der Waals surface area contributed by atoms with Gasteiger partial charge in [-0.05, 0) is 19.4 Å². The minimum Gasteiger partial charge on any atom is -0.388 e.